The third-order valence-electron chi connectivity index (χ3n) is 10.1. The number of fused-ring (bicyclic) bond motifs is 1. The van der Waals surface area contributed by atoms with Gasteiger partial charge in [0.1, 0.15) is 17.6 Å². The largest absolute Gasteiger partial charge is 0.490 e. The first kappa shape index (κ1) is 32.6. The van der Waals surface area contributed by atoms with E-state index in [1.165, 1.54) is 16.7 Å². The smallest absolute Gasteiger partial charge is 0.285 e. The van der Waals surface area contributed by atoms with Crippen LogP contribution in [0, 0.1) is 6.92 Å². The molecule has 12 nitrogen and oxygen atoms in total. The number of carbonyl (C=O) groups is 2. The first-order chi connectivity index (χ1) is 24.7. The number of nitrogens with one attached hydrogen (secondary N) is 2. The molecule has 8 rings (SSSR count). The molecular weight excluding hydrogens is 646 g/mol. The average Bonchev–Trinajstić information content (AvgIpc) is 3.74. The van der Waals surface area contributed by atoms with E-state index in [9.17, 15) is 9.59 Å². The van der Waals surface area contributed by atoms with Gasteiger partial charge in [-0.05, 0) is 65.1 Å². The Balaban J connectivity index is 0.811. The van der Waals surface area contributed by atoms with E-state index in [0.29, 0.717) is 42.1 Å². The molecule has 1 aliphatic carbocycles. The van der Waals surface area contributed by atoms with Crippen LogP contribution in [-0.2, 0) is 28.1 Å². The lowest BCUT2D eigenvalue weighted by molar-refractivity contribution is -0.137. The quantitative estimate of drug-likeness (QED) is 0.165. The van der Waals surface area contributed by atoms with Crippen molar-refractivity contribution in [2.24, 2.45) is 0 Å². The highest BCUT2D eigenvalue weighted by molar-refractivity contribution is 6.00. The molecule has 2 aliphatic heterocycles. The number of aromatic nitrogens is 4. The molecule has 1 atom stereocenters. The van der Waals surface area contributed by atoms with Crippen LogP contribution in [0.3, 0.4) is 0 Å². The highest BCUT2D eigenvalue weighted by Gasteiger charge is 2.35. The molecule has 1 saturated heterocycles. The van der Waals surface area contributed by atoms with Gasteiger partial charge in [0.25, 0.3) is 5.89 Å². The lowest BCUT2D eigenvalue weighted by Gasteiger charge is -2.36. The summed E-state index contributed by atoms with van der Waals surface area (Å²) >= 11 is 0. The molecule has 51 heavy (non-hydrogen) atoms. The maximum absolute atomic E-state index is 12.4. The number of carbonyl (C=O) groups excluding carboxylic acids is 2. The molecule has 2 N–H and O–H groups in total. The summed E-state index contributed by atoms with van der Waals surface area (Å²) in [6.07, 6.45) is 6.16. The number of hydrogen-bond acceptors (Lipinski definition) is 11. The Labute approximate surface area is 295 Å². The van der Waals surface area contributed by atoms with E-state index in [4.69, 9.17) is 13.9 Å². The van der Waals surface area contributed by atoms with Crippen LogP contribution >= 0.6 is 0 Å². The van der Waals surface area contributed by atoms with E-state index in [-0.39, 0.29) is 35.3 Å². The van der Waals surface area contributed by atoms with Crippen molar-refractivity contribution >= 4 is 17.5 Å². The topological polar surface area (TPSA) is 145 Å². The molecular formula is C39H39N7O5. The van der Waals surface area contributed by atoms with E-state index >= 15 is 0 Å². The molecule has 3 aromatic carbocycles. The van der Waals surface area contributed by atoms with E-state index in [1.807, 2.05) is 12.1 Å². The molecule has 5 aromatic rings. The molecule has 1 saturated carbocycles. The Kier molecular flexibility index (Phi) is 8.47. The summed E-state index contributed by atoms with van der Waals surface area (Å²) in [5, 5.41) is 13.9. The van der Waals surface area contributed by atoms with Crippen molar-refractivity contribution in [1.82, 2.24) is 30.4 Å². The number of rotatable bonds is 10. The number of amides is 2. The highest BCUT2D eigenvalue weighted by Crippen LogP contribution is 2.36. The van der Waals surface area contributed by atoms with Gasteiger partial charge in [-0.2, -0.15) is 0 Å². The fourth-order valence-corrected chi connectivity index (χ4v) is 7.03. The summed E-state index contributed by atoms with van der Waals surface area (Å²) in [5.74, 6) is 2.78. The Morgan fingerprint density at radius 1 is 0.863 bits per heavy atom. The molecule has 0 spiro atoms. The predicted octanol–water partition coefficient (Wildman–Crippen LogP) is 6.10. The van der Waals surface area contributed by atoms with Gasteiger partial charge in [-0.1, -0.05) is 44.2 Å². The molecule has 2 amide bonds. The van der Waals surface area contributed by atoms with Crippen LogP contribution in [-0.4, -0.2) is 55.1 Å². The molecule has 1 unspecified atom stereocenters. The van der Waals surface area contributed by atoms with Crippen LogP contribution < -0.4 is 20.1 Å². The van der Waals surface area contributed by atoms with E-state index in [2.05, 4.69) is 104 Å². The molecule has 3 aliphatic rings. The first-order valence-corrected chi connectivity index (χ1v) is 17.3. The van der Waals surface area contributed by atoms with Crippen molar-refractivity contribution < 1.29 is 23.5 Å². The molecule has 12 heteroatoms. The summed E-state index contributed by atoms with van der Waals surface area (Å²) in [4.78, 5) is 34.6. The number of nitrogens with zero attached hydrogens (tertiary/aromatic N) is 5. The van der Waals surface area contributed by atoms with E-state index < -0.39 is 0 Å². The van der Waals surface area contributed by atoms with Gasteiger partial charge >= 0.3 is 0 Å². The SMILES string of the molecule is Cc1nnc(-c2ncc(Oc3ccc(C(C)(C)c4ccc(OC5CC(Nc6ccc7c(c6)CN(C6CCC(=O)NC6=O)C7)C5)cc4)cc3)cn2)o1. The zero-order chi connectivity index (χ0) is 35.1. The van der Waals surface area contributed by atoms with Crippen LogP contribution in [0.25, 0.3) is 11.7 Å². The average molecular weight is 686 g/mol. The minimum atomic E-state index is -0.245. The van der Waals surface area contributed by atoms with Gasteiger partial charge in [0.2, 0.25) is 23.5 Å². The van der Waals surface area contributed by atoms with Gasteiger partial charge < -0.3 is 19.2 Å². The van der Waals surface area contributed by atoms with Crippen molar-refractivity contribution in [2.45, 2.75) is 83.1 Å². The number of anilines is 1. The summed E-state index contributed by atoms with van der Waals surface area (Å²) < 4.78 is 17.7. The van der Waals surface area contributed by atoms with Crippen LogP contribution in [0.1, 0.15) is 67.7 Å². The summed E-state index contributed by atoms with van der Waals surface area (Å²) in [5.41, 5.74) is 5.68. The number of benzene rings is 3. The Morgan fingerprint density at radius 2 is 1.55 bits per heavy atom. The van der Waals surface area contributed by atoms with Gasteiger partial charge in [-0.3, -0.25) is 19.8 Å². The zero-order valence-electron chi connectivity index (χ0n) is 28.8. The molecule has 4 heterocycles. The zero-order valence-corrected chi connectivity index (χ0v) is 28.8. The second kappa shape index (κ2) is 13.3. The fourth-order valence-electron chi connectivity index (χ4n) is 7.03. The van der Waals surface area contributed by atoms with Crippen LogP contribution in [0.5, 0.6) is 17.2 Å². The van der Waals surface area contributed by atoms with Crippen LogP contribution in [0.4, 0.5) is 5.69 Å². The third kappa shape index (κ3) is 6.91. The maximum Gasteiger partial charge on any atom is 0.285 e. The van der Waals surface area contributed by atoms with Gasteiger partial charge in [0.15, 0.2) is 5.75 Å². The normalized spacial score (nSPS) is 20.3. The fraction of sp³-hybridized carbons (Fsp3) is 0.333. The number of aryl methyl sites for hydroxylation is 1. The molecule has 2 fully saturated rings. The number of piperidine rings is 1. The van der Waals surface area contributed by atoms with Crippen molar-refractivity contribution in [1.29, 1.82) is 0 Å². The number of hydrogen-bond donors (Lipinski definition) is 2. The Hall–Kier alpha value is -5.62. The van der Waals surface area contributed by atoms with Crippen molar-refractivity contribution in [3.63, 3.8) is 0 Å². The summed E-state index contributed by atoms with van der Waals surface area (Å²) in [7, 11) is 0. The minimum absolute atomic E-state index is 0.163. The Morgan fingerprint density at radius 3 is 2.22 bits per heavy atom. The van der Waals surface area contributed by atoms with Crippen molar-refractivity contribution in [2.75, 3.05) is 5.32 Å². The van der Waals surface area contributed by atoms with Gasteiger partial charge in [0, 0.05) is 56.4 Å². The van der Waals surface area contributed by atoms with Gasteiger partial charge in [-0.25, -0.2) is 9.97 Å². The lowest BCUT2D eigenvalue weighted by atomic mass is 9.78. The maximum atomic E-state index is 12.4. The second-order valence-corrected chi connectivity index (χ2v) is 14.1. The van der Waals surface area contributed by atoms with E-state index in [1.54, 1.807) is 19.3 Å². The minimum Gasteiger partial charge on any atom is -0.490 e. The number of imide groups is 1. The summed E-state index contributed by atoms with van der Waals surface area (Å²) in [6, 6.07) is 23.0. The standard InChI is InChI=1S/C39H39N7O5/c1-23-44-45-38(49-23)36-40-19-33(20-41-36)51-31-12-7-27(8-13-31)39(2,3)26-5-10-30(11-6-26)50-32-17-29(18-32)42-28-9-4-24-21-46(22-25(24)16-28)34-14-15-35(47)43-37(34)48/h4-13,16,19-20,29,32,34,42H,14-15,17-18,21-22H2,1-3H3,(H,43,47,48). The van der Waals surface area contributed by atoms with Gasteiger partial charge in [-0.15, -0.1) is 10.2 Å². The number of ether oxygens (including phenoxy) is 2. The molecule has 0 bridgehead atoms. The van der Waals surface area contributed by atoms with Gasteiger partial charge in [0.05, 0.1) is 18.4 Å². The predicted molar refractivity (Wildman–Crippen MR) is 188 cm³/mol. The highest BCUT2D eigenvalue weighted by atomic mass is 16.5. The Bertz CT molecular complexity index is 2060. The molecule has 260 valence electrons. The molecule has 0 radical (unpaired) electrons. The van der Waals surface area contributed by atoms with E-state index in [0.717, 1.165) is 42.9 Å². The summed E-state index contributed by atoms with van der Waals surface area (Å²) in [6.45, 7) is 7.58. The lowest BCUT2D eigenvalue weighted by Crippen LogP contribution is -2.50. The molecule has 2 aromatic heterocycles. The van der Waals surface area contributed by atoms with Crippen molar-refractivity contribution in [3.8, 4) is 29.0 Å². The van der Waals surface area contributed by atoms with Crippen LogP contribution in [0.2, 0.25) is 0 Å². The van der Waals surface area contributed by atoms with Crippen LogP contribution in [0.15, 0.2) is 83.5 Å². The van der Waals surface area contributed by atoms with Crippen molar-refractivity contribution in [3.05, 3.63) is 107 Å². The second-order valence-electron chi connectivity index (χ2n) is 14.1. The monoisotopic (exact) mass is 685 g/mol. The third-order valence-corrected chi connectivity index (χ3v) is 10.1. The first-order valence-electron chi connectivity index (χ1n) is 17.3.